The topological polar surface area (TPSA) is 51.0 Å². The molecule has 1 unspecified atom stereocenters. The Kier molecular flexibility index (Phi) is 5.10. The molecule has 4 heteroatoms. The fourth-order valence-corrected chi connectivity index (χ4v) is 2.06. The molecular formula is C15H21N3O. The SMILES string of the molecule is CCNC(CC)c1nnc(CCc2ccccc2)o1. The zero-order chi connectivity index (χ0) is 13.5. The summed E-state index contributed by atoms with van der Waals surface area (Å²) in [5.74, 6) is 1.42. The first-order valence-electron chi connectivity index (χ1n) is 6.93. The number of hydrogen-bond donors (Lipinski definition) is 1. The van der Waals surface area contributed by atoms with Crippen molar-refractivity contribution >= 4 is 0 Å². The van der Waals surface area contributed by atoms with Gasteiger partial charge >= 0.3 is 0 Å². The molecule has 2 rings (SSSR count). The molecule has 1 N–H and O–H groups in total. The zero-order valence-corrected chi connectivity index (χ0v) is 11.6. The van der Waals surface area contributed by atoms with Gasteiger partial charge in [0.1, 0.15) is 0 Å². The standard InChI is InChI=1S/C15H21N3O/c1-3-13(16-4-2)15-18-17-14(19-15)11-10-12-8-6-5-7-9-12/h5-9,13,16H,3-4,10-11H2,1-2H3. The molecule has 0 bridgehead atoms. The van der Waals surface area contributed by atoms with Crippen LogP contribution in [0.5, 0.6) is 0 Å². The molecule has 102 valence electrons. The van der Waals surface area contributed by atoms with Crippen LogP contribution in [0, 0.1) is 0 Å². The predicted octanol–water partition coefficient (Wildman–Crippen LogP) is 2.92. The van der Waals surface area contributed by atoms with Gasteiger partial charge < -0.3 is 9.73 Å². The summed E-state index contributed by atoms with van der Waals surface area (Å²) >= 11 is 0. The third-order valence-corrected chi connectivity index (χ3v) is 3.11. The lowest BCUT2D eigenvalue weighted by Crippen LogP contribution is -2.20. The average molecular weight is 259 g/mol. The molecule has 2 aromatic rings. The zero-order valence-electron chi connectivity index (χ0n) is 11.6. The molecule has 4 nitrogen and oxygen atoms in total. The molecule has 0 aliphatic rings. The van der Waals surface area contributed by atoms with Crippen LogP contribution in [0.2, 0.25) is 0 Å². The summed E-state index contributed by atoms with van der Waals surface area (Å²) < 4.78 is 5.73. The molecule has 19 heavy (non-hydrogen) atoms. The van der Waals surface area contributed by atoms with E-state index >= 15 is 0 Å². The van der Waals surface area contributed by atoms with Crippen LogP contribution in [-0.2, 0) is 12.8 Å². The van der Waals surface area contributed by atoms with Crippen LogP contribution in [0.25, 0.3) is 0 Å². The van der Waals surface area contributed by atoms with Crippen molar-refractivity contribution in [2.45, 2.75) is 39.2 Å². The number of hydrogen-bond acceptors (Lipinski definition) is 4. The van der Waals surface area contributed by atoms with Crippen LogP contribution in [0.1, 0.15) is 43.7 Å². The van der Waals surface area contributed by atoms with E-state index in [0.29, 0.717) is 5.89 Å². The van der Waals surface area contributed by atoms with Gasteiger partial charge in [0.2, 0.25) is 11.8 Å². The van der Waals surface area contributed by atoms with Crippen molar-refractivity contribution in [3.05, 3.63) is 47.7 Å². The van der Waals surface area contributed by atoms with E-state index in [0.717, 1.165) is 31.7 Å². The summed E-state index contributed by atoms with van der Waals surface area (Å²) in [5, 5.41) is 11.6. The lowest BCUT2D eigenvalue weighted by Gasteiger charge is -2.10. The Morgan fingerprint density at radius 2 is 1.89 bits per heavy atom. The van der Waals surface area contributed by atoms with Gasteiger partial charge in [-0.2, -0.15) is 0 Å². The van der Waals surface area contributed by atoms with Crippen LogP contribution >= 0.6 is 0 Å². The minimum Gasteiger partial charge on any atom is -0.424 e. The summed E-state index contributed by atoms with van der Waals surface area (Å²) in [6.07, 6.45) is 2.67. The third kappa shape index (κ3) is 3.89. The first-order valence-corrected chi connectivity index (χ1v) is 6.93. The van der Waals surface area contributed by atoms with Gasteiger partial charge in [0.15, 0.2) is 0 Å². The lowest BCUT2D eigenvalue weighted by molar-refractivity contribution is 0.376. The van der Waals surface area contributed by atoms with Gasteiger partial charge in [0.05, 0.1) is 6.04 Å². The maximum atomic E-state index is 5.73. The molecule has 1 heterocycles. The maximum Gasteiger partial charge on any atom is 0.233 e. The number of nitrogens with one attached hydrogen (secondary N) is 1. The second-order valence-electron chi connectivity index (χ2n) is 4.54. The van der Waals surface area contributed by atoms with E-state index in [-0.39, 0.29) is 6.04 Å². The summed E-state index contributed by atoms with van der Waals surface area (Å²) in [4.78, 5) is 0. The van der Waals surface area contributed by atoms with Crippen molar-refractivity contribution in [3.63, 3.8) is 0 Å². The molecule has 0 aliphatic carbocycles. The minimum atomic E-state index is 0.169. The second-order valence-corrected chi connectivity index (χ2v) is 4.54. The van der Waals surface area contributed by atoms with Crippen molar-refractivity contribution in [3.8, 4) is 0 Å². The van der Waals surface area contributed by atoms with Crippen LogP contribution in [0.3, 0.4) is 0 Å². The molecule has 1 aromatic heterocycles. The number of rotatable bonds is 7. The van der Waals surface area contributed by atoms with Gasteiger partial charge in [-0.15, -0.1) is 10.2 Å². The van der Waals surface area contributed by atoms with Gasteiger partial charge in [-0.25, -0.2) is 0 Å². The normalized spacial score (nSPS) is 12.5. The molecule has 0 amide bonds. The number of benzene rings is 1. The Morgan fingerprint density at radius 1 is 1.11 bits per heavy atom. The molecule has 0 saturated heterocycles. The molecular weight excluding hydrogens is 238 g/mol. The molecule has 0 radical (unpaired) electrons. The van der Waals surface area contributed by atoms with E-state index in [1.54, 1.807) is 0 Å². The van der Waals surface area contributed by atoms with E-state index in [4.69, 9.17) is 4.42 Å². The Labute approximate surface area is 114 Å². The van der Waals surface area contributed by atoms with Crippen molar-refractivity contribution in [2.24, 2.45) is 0 Å². The largest absolute Gasteiger partial charge is 0.424 e. The Morgan fingerprint density at radius 3 is 2.58 bits per heavy atom. The van der Waals surface area contributed by atoms with Crippen molar-refractivity contribution in [2.75, 3.05) is 6.54 Å². The van der Waals surface area contributed by atoms with E-state index < -0.39 is 0 Å². The van der Waals surface area contributed by atoms with E-state index in [1.807, 2.05) is 18.2 Å². The highest BCUT2D eigenvalue weighted by atomic mass is 16.4. The molecule has 0 spiro atoms. The summed E-state index contributed by atoms with van der Waals surface area (Å²) in [6, 6.07) is 10.5. The van der Waals surface area contributed by atoms with Crippen molar-refractivity contribution < 1.29 is 4.42 Å². The maximum absolute atomic E-state index is 5.73. The van der Waals surface area contributed by atoms with E-state index in [9.17, 15) is 0 Å². The van der Waals surface area contributed by atoms with Crippen LogP contribution in [0.15, 0.2) is 34.7 Å². The van der Waals surface area contributed by atoms with Crippen LogP contribution in [0.4, 0.5) is 0 Å². The number of nitrogens with zero attached hydrogens (tertiary/aromatic N) is 2. The van der Waals surface area contributed by atoms with Gasteiger partial charge in [0.25, 0.3) is 0 Å². The quantitative estimate of drug-likeness (QED) is 0.830. The summed E-state index contributed by atoms with van der Waals surface area (Å²) in [5.41, 5.74) is 1.29. The highest BCUT2D eigenvalue weighted by molar-refractivity contribution is 5.15. The number of aromatic nitrogens is 2. The van der Waals surface area contributed by atoms with Gasteiger partial charge in [-0.05, 0) is 24.9 Å². The fraction of sp³-hybridized carbons (Fsp3) is 0.467. The molecule has 0 fully saturated rings. The highest BCUT2D eigenvalue weighted by Crippen LogP contribution is 2.15. The molecule has 1 aromatic carbocycles. The molecule has 0 aliphatic heterocycles. The first kappa shape index (κ1) is 13.7. The van der Waals surface area contributed by atoms with E-state index in [1.165, 1.54) is 5.56 Å². The fourth-order valence-electron chi connectivity index (χ4n) is 2.06. The van der Waals surface area contributed by atoms with Gasteiger partial charge in [-0.3, -0.25) is 0 Å². The third-order valence-electron chi connectivity index (χ3n) is 3.11. The molecule has 0 saturated carbocycles. The summed E-state index contributed by atoms with van der Waals surface area (Å²) in [6.45, 7) is 5.09. The van der Waals surface area contributed by atoms with Gasteiger partial charge in [0, 0.05) is 6.42 Å². The van der Waals surface area contributed by atoms with Crippen molar-refractivity contribution in [1.82, 2.24) is 15.5 Å². The summed E-state index contributed by atoms with van der Waals surface area (Å²) in [7, 11) is 0. The molecule has 1 atom stereocenters. The Hall–Kier alpha value is -1.68. The smallest absolute Gasteiger partial charge is 0.233 e. The van der Waals surface area contributed by atoms with Crippen molar-refractivity contribution in [1.29, 1.82) is 0 Å². The second kappa shape index (κ2) is 7.04. The average Bonchev–Trinajstić information content (AvgIpc) is 2.92. The number of aryl methyl sites for hydroxylation is 2. The first-order chi connectivity index (χ1) is 9.33. The van der Waals surface area contributed by atoms with Crippen LogP contribution in [-0.4, -0.2) is 16.7 Å². The predicted molar refractivity (Wildman–Crippen MR) is 74.9 cm³/mol. The van der Waals surface area contributed by atoms with E-state index in [2.05, 4.69) is 41.5 Å². The minimum absolute atomic E-state index is 0.169. The lowest BCUT2D eigenvalue weighted by atomic mass is 10.1. The monoisotopic (exact) mass is 259 g/mol. The van der Waals surface area contributed by atoms with Crippen LogP contribution < -0.4 is 5.32 Å². The highest BCUT2D eigenvalue weighted by Gasteiger charge is 2.15. The Balaban J connectivity index is 1.93. The van der Waals surface area contributed by atoms with Gasteiger partial charge in [-0.1, -0.05) is 44.2 Å². The Bertz CT molecular complexity index is 481.